The van der Waals surface area contributed by atoms with Crippen molar-refractivity contribution < 1.29 is 28.9 Å². The van der Waals surface area contributed by atoms with Crippen molar-refractivity contribution in [2.45, 2.75) is 116 Å². The van der Waals surface area contributed by atoms with Crippen LogP contribution in [0, 0.1) is 10.8 Å². The summed E-state index contributed by atoms with van der Waals surface area (Å²) in [6, 6.07) is 0. The first-order chi connectivity index (χ1) is 13.5. The quantitative estimate of drug-likeness (QED) is 0.695. The number of aliphatic hydroxyl groups excluding tert-OH is 1. The van der Waals surface area contributed by atoms with Gasteiger partial charge in [0.15, 0.2) is 0 Å². The minimum absolute atomic E-state index is 0.0404. The van der Waals surface area contributed by atoms with E-state index in [1.807, 2.05) is 34.6 Å². The molecule has 0 amide bonds. The van der Waals surface area contributed by atoms with Gasteiger partial charge < -0.3 is 19.3 Å². The highest BCUT2D eigenvalue weighted by atomic mass is 16.6. The number of carbonyl (C=O) groups is 2. The lowest BCUT2D eigenvalue weighted by Gasteiger charge is -2.34. The highest BCUT2D eigenvalue weighted by Gasteiger charge is 2.58. The molecule has 3 saturated heterocycles. The summed E-state index contributed by atoms with van der Waals surface area (Å²) in [5.41, 5.74) is -1.15. The summed E-state index contributed by atoms with van der Waals surface area (Å²) in [5, 5.41) is 9.47. The molecule has 0 bridgehead atoms. The van der Waals surface area contributed by atoms with Crippen LogP contribution in [0.5, 0.6) is 0 Å². The number of rotatable bonds is 2. The molecule has 3 heterocycles. The van der Waals surface area contributed by atoms with E-state index < -0.39 is 0 Å². The Morgan fingerprint density at radius 2 is 1.48 bits per heavy atom. The first-order valence-corrected chi connectivity index (χ1v) is 11.3. The van der Waals surface area contributed by atoms with E-state index in [0.717, 1.165) is 57.8 Å². The van der Waals surface area contributed by atoms with Crippen molar-refractivity contribution in [2.24, 2.45) is 10.8 Å². The molecular weight excluding hydrogens is 372 g/mol. The summed E-state index contributed by atoms with van der Waals surface area (Å²) in [6.07, 6.45) is 7.26. The highest BCUT2D eigenvalue weighted by Crippen LogP contribution is 2.50. The molecule has 1 saturated carbocycles. The zero-order valence-electron chi connectivity index (χ0n) is 18.7. The van der Waals surface area contributed by atoms with E-state index >= 15 is 0 Å². The van der Waals surface area contributed by atoms with E-state index in [2.05, 4.69) is 0 Å². The molecule has 0 aromatic heterocycles. The molecule has 0 radical (unpaired) electrons. The minimum Gasteiger partial charge on any atom is -0.459 e. The normalized spacial score (nSPS) is 46.6. The molecule has 4 fully saturated rings. The minimum atomic E-state index is -0.318. The third-order valence-electron chi connectivity index (χ3n) is 8.05. The number of esters is 2. The van der Waals surface area contributed by atoms with Crippen LogP contribution in [-0.4, -0.2) is 47.1 Å². The maximum Gasteiger partial charge on any atom is 0.312 e. The fraction of sp³-hybridized carbons (Fsp3) is 0.913. The van der Waals surface area contributed by atoms with Gasteiger partial charge in [-0.2, -0.15) is 0 Å². The Bertz CT molecular complexity index is 639. The Morgan fingerprint density at radius 1 is 0.931 bits per heavy atom. The van der Waals surface area contributed by atoms with Crippen molar-refractivity contribution in [3.05, 3.63) is 0 Å². The molecule has 6 nitrogen and oxygen atoms in total. The van der Waals surface area contributed by atoms with Crippen molar-refractivity contribution >= 4 is 11.9 Å². The lowest BCUT2D eigenvalue weighted by Crippen LogP contribution is -2.36. The van der Waals surface area contributed by atoms with Crippen molar-refractivity contribution in [3.8, 4) is 0 Å². The molecule has 4 unspecified atom stereocenters. The van der Waals surface area contributed by atoms with E-state index in [9.17, 15) is 14.7 Å². The topological polar surface area (TPSA) is 82.1 Å². The third-order valence-corrected chi connectivity index (χ3v) is 8.05. The molecular formula is C23H38O6. The highest BCUT2D eigenvalue weighted by molar-refractivity contribution is 5.79. The average Bonchev–Trinajstić information content (AvgIpc) is 3.25. The molecule has 1 aliphatic carbocycles. The maximum absolute atomic E-state index is 11.8. The second-order valence-electron chi connectivity index (χ2n) is 10.2. The van der Waals surface area contributed by atoms with Crippen LogP contribution in [0.15, 0.2) is 0 Å². The maximum atomic E-state index is 11.8. The third kappa shape index (κ3) is 4.07. The zero-order chi connectivity index (χ0) is 21.5. The lowest BCUT2D eigenvalue weighted by atomic mass is 9.73. The van der Waals surface area contributed by atoms with Crippen LogP contribution in [-0.2, 0) is 23.8 Å². The molecule has 6 heteroatoms. The van der Waals surface area contributed by atoms with E-state index in [-0.39, 0.29) is 46.2 Å². The van der Waals surface area contributed by atoms with Gasteiger partial charge in [-0.25, -0.2) is 0 Å². The van der Waals surface area contributed by atoms with Crippen LogP contribution in [0.25, 0.3) is 0 Å². The molecule has 1 N–H and O–H groups in total. The van der Waals surface area contributed by atoms with Crippen LogP contribution < -0.4 is 0 Å². The molecule has 4 atom stereocenters. The monoisotopic (exact) mass is 410 g/mol. The summed E-state index contributed by atoms with van der Waals surface area (Å²) in [4.78, 5) is 23.6. The Balaban J connectivity index is 0.000000166. The first-order valence-electron chi connectivity index (χ1n) is 11.3. The fourth-order valence-electron chi connectivity index (χ4n) is 5.29. The molecule has 0 aromatic rings. The van der Waals surface area contributed by atoms with Gasteiger partial charge >= 0.3 is 11.9 Å². The number of carbonyl (C=O) groups excluding carboxylic acids is 2. The van der Waals surface area contributed by atoms with E-state index in [1.165, 1.54) is 0 Å². The fourth-order valence-corrected chi connectivity index (χ4v) is 5.29. The Labute approximate surface area is 174 Å². The SMILES string of the molecule is CCC1(C)CC2(CCC(O)CC2)OC1=O.CCC1(C)CC2(CCOC2C)OC1=O. The summed E-state index contributed by atoms with van der Waals surface area (Å²) < 4.78 is 16.7. The van der Waals surface area contributed by atoms with Gasteiger partial charge in [0.05, 0.1) is 29.6 Å². The molecule has 3 aliphatic heterocycles. The molecule has 4 rings (SSSR count). The molecule has 29 heavy (non-hydrogen) atoms. The van der Waals surface area contributed by atoms with Crippen LogP contribution >= 0.6 is 0 Å². The molecule has 2 spiro atoms. The van der Waals surface area contributed by atoms with Crippen LogP contribution in [0.4, 0.5) is 0 Å². The summed E-state index contributed by atoms with van der Waals surface area (Å²) in [5.74, 6) is -0.0845. The Hall–Kier alpha value is -1.14. The van der Waals surface area contributed by atoms with Gasteiger partial charge in [-0.3, -0.25) is 9.59 Å². The zero-order valence-corrected chi connectivity index (χ0v) is 18.7. The predicted molar refractivity (Wildman–Crippen MR) is 108 cm³/mol. The smallest absolute Gasteiger partial charge is 0.312 e. The number of hydrogen-bond donors (Lipinski definition) is 1. The van der Waals surface area contributed by atoms with E-state index in [4.69, 9.17) is 14.2 Å². The predicted octanol–water partition coefficient (Wildman–Crippen LogP) is 3.92. The lowest BCUT2D eigenvalue weighted by molar-refractivity contribution is -0.157. The van der Waals surface area contributed by atoms with Gasteiger partial charge in [-0.05, 0) is 59.3 Å². The number of aliphatic hydroxyl groups is 1. The summed E-state index contributed by atoms with van der Waals surface area (Å²) in [6.45, 7) is 10.8. The average molecular weight is 411 g/mol. The van der Waals surface area contributed by atoms with Crippen LogP contribution in [0.1, 0.15) is 92.4 Å². The van der Waals surface area contributed by atoms with Gasteiger partial charge in [0.2, 0.25) is 0 Å². The van der Waals surface area contributed by atoms with Crippen molar-refractivity contribution in [1.82, 2.24) is 0 Å². The standard InChI is InChI=1S/C12H20O3.C11H18O3/c1-3-11(2)8-12(15-10(11)14)6-4-9(13)5-7-12;1-4-10(3)7-11(14-9(10)12)5-6-13-8(11)2/h9,13H,3-8H2,1-2H3;8H,4-7H2,1-3H3. The van der Waals surface area contributed by atoms with Gasteiger partial charge in [0.1, 0.15) is 11.2 Å². The van der Waals surface area contributed by atoms with Gasteiger partial charge in [-0.15, -0.1) is 0 Å². The Morgan fingerprint density at radius 3 is 1.93 bits per heavy atom. The second kappa shape index (κ2) is 7.84. The van der Waals surface area contributed by atoms with Gasteiger partial charge in [0.25, 0.3) is 0 Å². The summed E-state index contributed by atoms with van der Waals surface area (Å²) >= 11 is 0. The second-order valence-corrected chi connectivity index (χ2v) is 10.2. The van der Waals surface area contributed by atoms with Crippen LogP contribution in [0.3, 0.4) is 0 Å². The van der Waals surface area contributed by atoms with Crippen LogP contribution in [0.2, 0.25) is 0 Å². The first kappa shape index (κ1) is 22.5. The largest absolute Gasteiger partial charge is 0.459 e. The molecule has 0 aromatic carbocycles. The summed E-state index contributed by atoms with van der Waals surface area (Å²) in [7, 11) is 0. The molecule has 4 aliphatic rings. The van der Waals surface area contributed by atoms with Gasteiger partial charge in [-0.1, -0.05) is 13.8 Å². The number of ether oxygens (including phenoxy) is 3. The molecule has 166 valence electrons. The Kier molecular flexibility index (Phi) is 6.10. The van der Waals surface area contributed by atoms with Gasteiger partial charge in [0, 0.05) is 19.3 Å². The van der Waals surface area contributed by atoms with Crippen molar-refractivity contribution in [3.63, 3.8) is 0 Å². The van der Waals surface area contributed by atoms with Crippen molar-refractivity contribution in [1.29, 1.82) is 0 Å². The van der Waals surface area contributed by atoms with E-state index in [0.29, 0.717) is 6.61 Å². The van der Waals surface area contributed by atoms with Crippen molar-refractivity contribution in [2.75, 3.05) is 6.61 Å². The van der Waals surface area contributed by atoms with E-state index in [1.54, 1.807) is 0 Å². The number of hydrogen-bond acceptors (Lipinski definition) is 6.